The number of methoxy groups -OCH3 is 1. The Labute approximate surface area is 129 Å². The molecular weight excluding hydrogens is 280 g/mol. The lowest BCUT2D eigenvalue weighted by Gasteiger charge is -2.39. The summed E-state index contributed by atoms with van der Waals surface area (Å²) in [4.78, 5) is 29.1. The molecule has 5 heteroatoms. The highest BCUT2D eigenvalue weighted by Gasteiger charge is 2.60. The van der Waals surface area contributed by atoms with Crippen molar-refractivity contribution in [2.45, 2.75) is 31.7 Å². The maximum Gasteiger partial charge on any atom is 0.321 e. The van der Waals surface area contributed by atoms with Crippen molar-refractivity contribution >= 4 is 23.3 Å². The van der Waals surface area contributed by atoms with E-state index in [0.29, 0.717) is 25.4 Å². The zero-order chi connectivity index (χ0) is 15.3. The van der Waals surface area contributed by atoms with Gasteiger partial charge in [-0.1, -0.05) is 12.1 Å². The van der Waals surface area contributed by atoms with Gasteiger partial charge >= 0.3 is 5.97 Å². The Morgan fingerprint density at radius 1 is 1.14 bits per heavy atom. The number of carbonyl (C=O) groups is 2. The number of hydrogen-bond donors (Lipinski definition) is 0. The van der Waals surface area contributed by atoms with Crippen LogP contribution < -0.4 is 9.80 Å². The van der Waals surface area contributed by atoms with Crippen LogP contribution in [0.3, 0.4) is 0 Å². The summed E-state index contributed by atoms with van der Waals surface area (Å²) in [5, 5.41) is 0. The number of esters is 1. The van der Waals surface area contributed by atoms with Crippen molar-refractivity contribution in [2.75, 3.05) is 30.0 Å². The van der Waals surface area contributed by atoms with Gasteiger partial charge in [-0.2, -0.15) is 0 Å². The number of carbonyl (C=O) groups excluding carboxylic acids is 2. The molecule has 0 saturated heterocycles. The number of para-hydroxylation sites is 2. The van der Waals surface area contributed by atoms with Gasteiger partial charge < -0.3 is 14.5 Å². The number of fused-ring (bicyclic) bond motifs is 1. The third kappa shape index (κ3) is 1.91. The minimum absolute atomic E-state index is 0.0951. The number of hydrogen-bond acceptors (Lipinski definition) is 4. The highest BCUT2D eigenvalue weighted by molar-refractivity contribution is 6.13. The summed E-state index contributed by atoms with van der Waals surface area (Å²) in [6.45, 7) is 1.48. The van der Waals surface area contributed by atoms with Gasteiger partial charge in [0.05, 0.1) is 18.5 Å². The predicted octanol–water partition coefficient (Wildman–Crippen LogP) is 1.96. The molecule has 0 bridgehead atoms. The van der Waals surface area contributed by atoms with Crippen LogP contribution in [0.15, 0.2) is 24.3 Å². The Morgan fingerprint density at radius 3 is 2.41 bits per heavy atom. The highest BCUT2D eigenvalue weighted by atomic mass is 16.5. The Kier molecular flexibility index (Phi) is 2.93. The van der Waals surface area contributed by atoms with Crippen LogP contribution in [0.1, 0.15) is 25.7 Å². The number of rotatable bonds is 3. The van der Waals surface area contributed by atoms with E-state index in [1.165, 1.54) is 20.0 Å². The van der Waals surface area contributed by atoms with Gasteiger partial charge in [0.2, 0.25) is 5.91 Å². The molecule has 0 radical (unpaired) electrons. The van der Waals surface area contributed by atoms with Gasteiger partial charge in [0.1, 0.15) is 5.41 Å². The topological polar surface area (TPSA) is 49.9 Å². The largest absolute Gasteiger partial charge is 0.468 e. The third-order valence-corrected chi connectivity index (χ3v) is 5.01. The molecule has 4 rings (SSSR count). The van der Waals surface area contributed by atoms with E-state index in [4.69, 9.17) is 4.74 Å². The van der Waals surface area contributed by atoms with Gasteiger partial charge in [0.15, 0.2) is 0 Å². The van der Waals surface area contributed by atoms with Crippen LogP contribution >= 0.6 is 0 Å². The molecular formula is C17H20N2O3. The van der Waals surface area contributed by atoms with Gasteiger partial charge in [0, 0.05) is 19.1 Å². The fraction of sp³-hybridized carbons (Fsp3) is 0.529. The van der Waals surface area contributed by atoms with Crippen molar-refractivity contribution in [2.24, 2.45) is 5.41 Å². The van der Waals surface area contributed by atoms with E-state index in [-0.39, 0.29) is 11.9 Å². The fourth-order valence-electron chi connectivity index (χ4n) is 3.44. The van der Waals surface area contributed by atoms with Gasteiger partial charge in [-0.15, -0.1) is 0 Å². The Bertz CT molecular complexity index is 635. The van der Waals surface area contributed by atoms with E-state index < -0.39 is 5.41 Å². The Hall–Kier alpha value is -2.04. The molecule has 1 amide bonds. The molecule has 2 aliphatic carbocycles. The molecule has 1 aromatic carbocycles. The van der Waals surface area contributed by atoms with E-state index in [1.807, 2.05) is 18.2 Å². The number of amides is 1. The second kappa shape index (κ2) is 4.73. The monoisotopic (exact) mass is 300 g/mol. The summed E-state index contributed by atoms with van der Waals surface area (Å²) in [6, 6.07) is 8.64. The van der Waals surface area contributed by atoms with Crippen molar-refractivity contribution in [3.8, 4) is 0 Å². The lowest BCUT2D eigenvalue weighted by Crippen LogP contribution is -2.49. The number of anilines is 2. The molecule has 1 aromatic rings. The second-order valence-electron chi connectivity index (χ2n) is 6.44. The number of benzene rings is 1. The van der Waals surface area contributed by atoms with Gasteiger partial charge in [0.25, 0.3) is 0 Å². The minimum Gasteiger partial charge on any atom is -0.468 e. The van der Waals surface area contributed by atoms with Crippen LogP contribution in [0.25, 0.3) is 0 Å². The lowest BCUT2D eigenvalue weighted by atomic mass is 10.0. The van der Waals surface area contributed by atoms with Gasteiger partial charge in [-0.25, -0.2) is 0 Å². The van der Waals surface area contributed by atoms with Crippen molar-refractivity contribution in [1.82, 2.24) is 0 Å². The fourth-order valence-corrected chi connectivity index (χ4v) is 3.44. The quantitative estimate of drug-likeness (QED) is 0.632. The van der Waals surface area contributed by atoms with E-state index in [1.54, 1.807) is 4.90 Å². The van der Waals surface area contributed by atoms with E-state index in [0.717, 1.165) is 17.9 Å². The lowest BCUT2D eigenvalue weighted by molar-refractivity contribution is -0.151. The maximum absolute atomic E-state index is 12.9. The molecule has 0 atom stereocenters. The second-order valence-corrected chi connectivity index (χ2v) is 6.44. The zero-order valence-electron chi connectivity index (χ0n) is 12.7. The number of nitrogens with zero attached hydrogens (tertiary/aromatic N) is 2. The normalized spacial score (nSPS) is 22.0. The maximum atomic E-state index is 12.9. The molecule has 0 spiro atoms. The van der Waals surface area contributed by atoms with Crippen molar-refractivity contribution in [3.63, 3.8) is 0 Å². The summed E-state index contributed by atoms with van der Waals surface area (Å²) in [7, 11) is 1.36. The summed E-state index contributed by atoms with van der Waals surface area (Å²) in [5.74, 6) is -0.484. The highest BCUT2D eigenvalue weighted by Crippen LogP contribution is 2.50. The molecule has 0 N–H and O–H groups in total. The van der Waals surface area contributed by atoms with Crippen LogP contribution in [0.5, 0.6) is 0 Å². The summed E-state index contributed by atoms with van der Waals surface area (Å²) < 4.78 is 4.85. The van der Waals surface area contributed by atoms with E-state index in [2.05, 4.69) is 11.0 Å². The molecule has 1 heterocycles. The van der Waals surface area contributed by atoms with Gasteiger partial charge in [-0.3, -0.25) is 9.59 Å². The molecule has 5 nitrogen and oxygen atoms in total. The van der Waals surface area contributed by atoms with E-state index in [9.17, 15) is 9.59 Å². The van der Waals surface area contributed by atoms with Crippen LogP contribution in [0, 0.1) is 5.41 Å². The van der Waals surface area contributed by atoms with Crippen LogP contribution in [0.2, 0.25) is 0 Å². The SMILES string of the molecule is COC(=O)C1(C(=O)N2CCN(C3CC3)c3ccccc32)CC1. The molecule has 0 aromatic heterocycles. The molecule has 22 heavy (non-hydrogen) atoms. The first kappa shape index (κ1) is 13.6. The third-order valence-electron chi connectivity index (χ3n) is 5.01. The average Bonchev–Trinajstić information content (AvgIpc) is 3.45. The molecule has 2 fully saturated rings. The summed E-state index contributed by atoms with van der Waals surface area (Å²) >= 11 is 0. The van der Waals surface area contributed by atoms with Gasteiger partial charge in [-0.05, 0) is 37.8 Å². The smallest absolute Gasteiger partial charge is 0.321 e. The summed E-state index contributed by atoms with van der Waals surface area (Å²) in [5.41, 5.74) is 1.12. The number of ether oxygens (including phenoxy) is 1. The Balaban J connectivity index is 1.67. The van der Waals surface area contributed by atoms with Crippen LogP contribution in [-0.4, -0.2) is 38.1 Å². The summed E-state index contributed by atoms with van der Waals surface area (Å²) in [6.07, 6.45) is 3.66. The molecule has 0 unspecified atom stereocenters. The van der Waals surface area contributed by atoms with Crippen LogP contribution in [-0.2, 0) is 14.3 Å². The van der Waals surface area contributed by atoms with Crippen molar-refractivity contribution < 1.29 is 14.3 Å². The molecule has 2 saturated carbocycles. The zero-order valence-corrected chi connectivity index (χ0v) is 12.7. The molecule has 116 valence electrons. The standard InChI is InChI=1S/C17H20N2O3/c1-22-16(21)17(8-9-17)15(20)19-11-10-18(12-6-7-12)13-4-2-3-5-14(13)19/h2-5,12H,6-11H2,1H3. The first-order valence-electron chi connectivity index (χ1n) is 7.93. The first-order chi connectivity index (χ1) is 10.7. The van der Waals surface area contributed by atoms with Crippen molar-refractivity contribution in [3.05, 3.63) is 24.3 Å². The van der Waals surface area contributed by atoms with E-state index >= 15 is 0 Å². The molecule has 3 aliphatic rings. The Morgan fingerprint density at radius 2 is 1.82 bits per heavy atom. The molecule has 1 aliphatic heterocycles. The van der Waals surface area contributed by atoms with Crippen LogP contribution in [0.4, 0.5) is 11.4 Å². The van der Waals surface area contributed by atoms with Crippen molar-refractivity contribution in [1.29, 1.82) is 0 Å². The predicted molar refractivity (Wildman–Crippen MR) is 82.8 cm³/mol. The minimum atomic E-state index is -0.927. The first-order valence-corrected chi connectivity index (χ1v) is 7.93. The average molecular weight is 300 g/mol.